The zero-order valence-corrected chi connectivity index (χ0v) is 30.8. The Morgan fingerprint density at radius 3 is 1.28 bits per heavy atom. The highest BCUT2D eigenvalue weighted by molar-refractivity contribution is 6.13. The first kappa shape index (κ1) is 32.2. The molecule has 8 aromatic carbocycles. The Bertz CT molecular complexity index is 3360. The summed E-state index contributed by atoms with van der Waals surface area (Å²) in [4.78, 5) is 17.2. The number of aromatic nitrogens is 3. The van der Waals surface area contributed by atoms with E-state index in [9.17, 15) is 0 Å². The van der Waals surface area contributed by atoms with Crippen molar-refractivity contribution in [1.29, 1.82) is 0 Å². The van der Waals surface area contributed by atoms with Crippen molar-refractivity contribution in [3.8, 4) is 34.2 Å². The maximum atomic E-state index is 6.69. The highest BCUT2D eigenvalue weighted by Gasteiger charge is 2.22. The summed E-state index contributed by atoms with van der Waals surface area (Å²) in [7, 11) is 0. The van der Waals surface area contributed by atoms with Crippen LogP contribution in [0.3, 0.4) is 0 Å². The van der Waals surface area contributed by atoms with Crippen LogP contribution in [0.25, 0.3) is 100.0 Å². The Labute approximate surface area is 331 Å². The number of fused-ring (bicyclic) bond motifs is 9. The fourth-order valence-corrected chi connectivity index (χ4v) is 8.22. The molecule has 0 fully saturated rings. The molecule has 0 aliphatic rings. The lowest BCUT2D eigenvalue weighted by molar-refractivity contribution is 0.669. The fourth-order valence-electron chi connectivity index (χ4n) is 8.22. The van der Waals surface area contributed by atoms with Crippen LogP contribution in [0.2, 0.25) is 0 Å². The molecular formula is C51H30N4O3. The van der Waals surface area contributed by atoms with Gasteiger partial charge in [0.05, 0.1) is 0 Å². The molecular weight excluding hydrogens is 717 g/mol. The van der Waals surface area contributed by atoms with Crippen LogP contribution in [-0.2, 0) is 0 Å². The number of rotatable bonds is 6. The topological polar surface area (TPSA) is 81.3 Å². The molecule has 0 amide bonds. The molecule has 0 unspecified atom stereocenters. The summed E-state index contributed by atoms with van der Waals surface area (Å²) >= 11 is 0. The minimum Gasteiger partial charge on any atom is -0.456 e. The van der Waals surface area contributed by atoms with Crippen LogP contribution in [-0.4, -0.2) is 15.0 Å². The smallest absolute Gasteiger partial charge is 0.164 e. The number of hydrogen-bond acceptors (Lipinski definition) is 7. The van der Waals surface area contributed by atoms with Gasteiger partial charge in [-0.1, -0.05) is 109 Å². The third-order valence-electron chi connectivity index (χ3n) is 10.9. The zero-order chi connectivity index (χ0) is 38.2. The van der Waals surface area contributed by atoms with Gasteiger partial charge in [-0.15, -0.1) is 0 Å². The second-order valence-electron chi connectivity index (χ2n) is 14.4. The van der Waals surface area contributed by atoms with Gasteiger partial charge in [0, 0.05) is 84.3 Å². The number of benzene rings is 8. The SMILES string of the molecule is c1ccc(-c2nc(-c3ccccc3)nc(-c3cccc4oc5cc(N(c6ccc7c(c6)oc6ccccc67)c6ccc7c(c6)oc6ccccc67)ccc5c34)n2)cc1. The number of nitrogens with zero attached hydrogens (tertiary/aromatic N) is 4. The first-order chi connectivity index (χ1) is 28.7. The maximum absolute atomic E-state index is 6.69. The lowest BCUT2D eigenvalue weighted by Crippen LogP contribution is -2.09. The summed E-state index contributed by atoms with van der Waals surface area (Å²) in [5.74, 6) is 1.79. The minimum atomic E-state index is 0.574. The average Bonchev–Trinajstić information content (AvgIpc) is 3.97. The zero-order valence-electron chi connectivity index (χ0n) is 30.8. The van der Waals surface area contributed by atoms with Crippen LogP contribution in [0.5, 0.6) is 0 Å². The van der Waals surface area contributed by atoms with E-state index in [1.54, 1.807) is 0 Å². The molecule has 0 spiro atoms. The van der Waals surface area contributed by atoms with Crippen molar-refractivity contribution in [3.63, 3.8) is 0 Å². The highest BCUT2D eigenvalue weighted by atomic mass is 16.3. The molecule has 4 heterocycles. The van der Waals surface area contributed by atoms with Crippen LogP contribution in [0.1, 0.15) is 0 Å². The van der Waals surface area contributed by atoms with Gasteiger partial charge in [-0.3, -0.25) is 0 Å². The predicted octanol–water partition coefficient (Wildman–Crippen LogP) is 14.0. The standard InChI is InChI=1S/C51H30N4O3/c1-3-12-31(13-4-1)49-52-50(32-14-5-2-6-15-32)54-51(53-49)41-18-11-21-44-48(41)40-27-24-35(30-47(40)58-44)55(33-22-25-38-36-16-7-9-19-42(36)56-45(38)28-33)34-23-26-39-37-17-8-10-20-43(37)57-46(39)29-34/h1-30H. The van der Waals surface area contributed by atoms with Crippen LogP contribution >= 0.6 is 0 Å². The quantitative estimate of drug-likeness (QED) is 0.168. The molecule has 0 saturated heterocycles. The molecule has 58 heavy (non-hydrogen) atoms. The second-order valence-corrected chi connectivity index (χ2v) is 14.4. The Hall–Kier alpha value is -8.03. The van der Waals surface area contributed by atoms with E-state index in [4.69, 9.17) is 28.2 Å². The van der Waals surface area contributed by atoms with Gasteiger partial charge in [0.25, 0.3) is 0 Å². The van der Waals surface area contributed by atoms with E-state index in [0.29, 0.717) is 17.5 Å². The Morgan fingerprint density at radius 2 is 0.724 bits per heavy atom. The van der Waals surface area contributed by atoms with E-state index in [2.05, 4.69) is 77.7 Å². The molecule has 12 aromatic rings. The fraction of sp³-hybridized carbons (Fsp3) is 0. The summed E-state index contributed by atoms with van der Waals surface area (Å²) in [6.07, 6.45) is 0. The largest absolute Gasteiger partial charge is 0.456 e. The maximum Gasteiger partial charge on any atom is 0.164 e. The van der Waals surface area contributed by atoms with Crippen molar-refractivity contribution < 1.29 is 13.3 Å². The average molecular weight is 747 g/mol. The van der Waals surface area contributed by atoms with E-state index in [0.717, 1.165) is 99.6 Å². The first-order valence-electron chi connectivity index (χ1n) is 19.2. The summed E-state index contributed by atoms with van der Waals surface area (Å²) in [6, 6.07) is 61.5. The number of para-hydroxylation sites is 2. The minimum absolute atomic E-state index is 0.574. The number of anilines is 3. The molecule has 0 bridgehead atoms. The molecule has 0 N–H and O–H groups in total. The van der Waals surface area contributed by atoms with E-state index < -0.39 is 0 Å². The monoisotopic (exact) mass is 746 g/mol. The summed E-state index contributed by atoms with van der Waals surface area (Å²) in [6.45, 7) is 0. The van der Waals surface area contributed by atoms with Gasteiger partial charge in [0.15, 0.2) is 17.5 Å². The van der Waals surface area contributed by atoms with Gasteiger partial charge in [0.1, 0.15) is 33.5 Å². The molecule has 4 aromatic heterocycles. The van der Waals surface area contributed by atoms with Crippen molar-refractivity contribution >= 4 is 82.9 Å². The molecule has 0 aliphatic heterocycles. The summed E-state index contributed by atoms with van der Waals surface area (Å²) in [5, 5.41) is 6.20. The second kappa shape index (κ2) is 12.8. The van der Waals surface area contributed by atoms with Crippen LogP contribution in [0.4, 0.5) is 17.1 Å². The van der Waals surface area contributed by atoms with Gasteiger partial charge in [-0.2, -0.15) is 0 Å². The first-order valence-corrected chi connectivity index (χ1v) is 19.2. The van der Waals surface area contributed by atoms with Crippen molar-refractivity contribution in [2.24, 2.45) is 0 Å². The summed E-state index contributed by atoms with van der Waals surface area (Å²) < 4.78 is 19.5. The normalized spacial score (nSPS) is 11.8. The molecule has 7 heteroatoms. The van der Waals surface area contributed by atoms with Crippen molar-refractivity contribution in [3.05, 3.63) is 182 Å². The van der Waals surface area contributed by atoms with Gasteiger partial charge >= 0.3 is 0 Å². The highest BCUT2D eigenvalue weighted by Crippen LogP contribution is 2.44. The van der Waals surface area contributed by atoms with Crippen molar-refractivity contribution in [2.75, 3.05) is 4.90 Å². The van der Waals surface area contributed by atoms with Gasteiger partial charge in [-0.05, 0) is 54.6 Å². The van der Waals surface area contributed by atoms with Crippen LogP contribution in [0.15, 0.2) is 195 Å². The van der Waals surface area contributed by atoms with Crippen molar-refractivity contribution in [2.45, 2.75) is 0 Å². The van der Waals surface area contributed by atoms with Crippen LogP contribution in [0, 0.1) is 0 Å². The van der Waals surface area contributed by atoms with E-state index in [-0.39, 0.29) is 0 Å². The summed E-state index contributed by atoms with van der Waals surface area (Å²) in [5.41, 5.74) is 10.3. The molecule has 7 nitrogen and oxygen atoms in total. The third kappa shape index (κ3) is 5.18. The van der Waals surface area contributed by atoms with Gasteiger partial charge in [0.2, 0.25) is 0 Å². The van der Waals surface area contributed by atoms with Gasteiger partial charge < -0.3 is 18.2 Å². The Morgan fingerprint density at radius 1 is 0.310 bits per heavy atom. The molecule has 0 saturated carbocycles. The van der Waals surface area contributed by atoms with E-state index in [1.165, 1.54) is 0 Å². The molecule has 0 atom stereocenters. The van der Waals surface area contributed by atoms with Crippen molar-refractivity contribution in [1.82, 2.24) is 15.0 Å². The van der Waals surface area contributed by atoms with Crippen LogP contribution < -0.4 is 4.90 Å². The Kier molecular flexibility index (Phi) is 7.09. The molecule has 272 valence electrons. The molecule has 0 aliphatic carbocycles. The predicted molar refractivity (Wildman–Crippen MR) is 233 cm³/mol. The molecule has 12 rings (SSSR count). The Balaban J connectivity index is 1.04. The van der Waals surface area contributed by atoms with E-state index >= 15 is 0 Å². The number of furan rings is 3. The lowest BCUT2D eigenvalue weighted by Gasteiger charge is -2.25. The van der Waals surface area contributed by atoms with Gasteiger partial charge in [-0.25, -0.2) is 15.0 Å². The van der Waals surface area contributed by atoms with E-state index in [1.807, 2.05) is 109 Å². The lowest BCUT2D eigenvalue weighted by atomic mass is 10.0. The molecule has 0 radical (unpaired) electrons. The number of hydrogen-bond donors (Lipinski definition) is 0. The third-order valence-corrected chi connectivity index (χ3v) is 10.9.